The molecule has 0 bridgehead atoms. The minimum absolute atomic E-state index is 0. The van der Waals surface area contributed by atoms with Crippen LogP contribution < -0.4 is 10.6 Å². The summed E-state index contributed by atoms with van der Waals surface area (Å²) in [4.78, 5) is 9.11. The molecule has 2 aliphatic carbocycles. The molecule has 2 aliphatic rings. The molecular formula is C21H37IN4O2. The van der Waals surface area contributed by atoms with E-state index < -0.39 is 0 Å². The van der Waals surface area contributed by atoms with Crippen LogP contribution in [0.2, 0.25) is 0 Å². The lowest BCUT2D eigenvalue weighted by Gasteiger charge is -2.54. The fourth-order valence-corrected chi connectivity index (χ4v) is 4.45. The molecular weight excluding hydrogens is 467 g/mol. The first kappa shape index (κ1) is 23.4. The lowest BCUT2D eigenvalue weighted by Crippen LogP contribution is -2.65. The van der Waals surface area contributed by atoms with Crippen LogP contribution in [0.4, 0.5) is 0 Å². The first-order chi connectivity index (χ1) is 12.9. The monoisotopic (exact) mass is 504 g/mol. The van der Waals surface area contributed by atoms with Crippen LogP contribution in [0.3, 0.4) is 0 Å². The van der Waals surface area contributed by atoms with E-state index in [0.29, 0.717) is 24.6 Å². The number of hydrogen-bond donors (Lipinski definition) is 2. The molecule has 7 heteroatoms. The highest BCUT2D eigenvalue weighted by atomic mass is 127. The Kier molecular flexibility index (Phi) is 8.19. The van der Waals surface area contributed by atoms with Gasteiger partial charge in [0, 0.05) is 30.0 Å². The second kappa shape index (κ2) is 9.78. The Morgan fingerprint density at radius 1 is 1.32 bits per heavy atom. The summed E-state index contributed by atoms with van der Waals surface area (Å²) in [5, 5.41) is 7.04. The van der Waals surface area contributed by atoms with Crippen molar-refractivity contribution in [3.05, 3.63) is 17.8 Å². The minimum atomic E-state index is -0.0349. The number of oxazole rings is 1. The molecule has 28 heavy (non-hydrogen) atoms. The van der Waals surface area contributed by atoms with Gasteiger partial charge in [-0.2, -0.15) is 0 Å². The Balaban J connectivity index is 0.00000280. The zero-order chi connectivity index (χ0) is 19.5. The van der Waals surface area contributed by atoms with Crippen molar-refractivity contribution in [3.63, 3.8) is 0 Å². The number of guanidine groups is 1. The summed E-state index contributed by atoms with van der Waals surface area (Å²) in [7, 11) is 0. The number of aliphatic imine (C=N–C) groups is 1. The minimum Gasteiger partial charge on any atom is -0.443 e. The number of ether oxygens (including phenoxy) is 1. The number of nitrogens with zero attached hydrogens (tertiary/aromatic N) is 2. The number of nitrogens with one attached hydrogen (secondary N) is 2. The lowest BCUT2D eigenvalue weighted by molar-refractivity contribution is -0.125. The molecule has 6 nitrogen and oxygen atoms in total. The van der Waals surface area contributed by atoms with Gasteiger partial charge in [-0.05, 0) is 33.1 Å². The Labute approximate surface area is 186 Å². The Morgan fingerprint density at radius 2 is 2.04 bits per heavy atom. The maximum absolute atomic E-state index is 6.03. The first-order valence-electron chi connectivity index (χ1n) is 10.5. The molecule has 0 radical (unpaired) electrons. The molecule has 2 fully saturated rings. The summed E-state index contributed by atoms with van der Waals surface area (Å²) in [5.74, 6) is 2.40. The summed E-state index contributed by atoms with van der Waals surface area (Å²) in [6.45, 7) is 12.6. The summed E-state index contributed by atoms with van der Waals surface area (Å²) < 4.78 is 11.9. The fourth-order valence-electron chi connectivity index (χ4n) is 4.45. The SMILES string of the molecule is CCNC(=NCc1ncc(C(C)(C)C)o1)NC1CC(OCC)C12CCCC2.I. The Hall–Kier alpha value is -0.830. The molecule has 160 valence electrons. The van der Waals surface area contributed by atoms with Gasteiger partial charge in [0.1, 0.15) is 12.3 Å². The van der Waals surface area contributed by atoms with Crippen molar-refractivity contribution < 1.29 is 9.15 Å². The van der Waals surface area contributed by atoms with Crippen LogP contribution in [-0.4, -0.2) is 36.2 Å². The lowest BCUT2D eigenvalue weighted by atomic mass is 9.60. The van der Waals surface area contributed by atoms with Crippen molar-refractivity contribution in [1.82, 2.24) is 15.6 Å². The van der Waals surface area contributed by atoms with Crippen LogP contribution in [0.1, 0.15) is 78.4 Å². The zero-order valence-electron chi connectivity index (χ0n) is 18.0. The van der Waals surface area contributed by atoms with Crippen LogP contribution in [-0.2, 0) is 16.7 Å². The normalized spacial score (nSPS) is 24.0. The van der Waals surface area contributed by atoms with E-state index in [1.165, 1.54) is 25.7 Å². The van der Waals surface area contributed by atoms with Crippen LogP contribution in [0.15, 0.2) is 15.6 Å². The van der Waals surface area contributed by atoms with E-state index in [9.17, 15) is 0 Å². The smallest absolute Gasteiger partial charge is 0.216 e. The van der Waals surface area contributed by atoms with Crippen molar-refractivity contribution in [2.75, 3.05) is 13.2 Å². The van der Waals surface area contributed by atoms with Gasteiger partial charge >= 0.3 is 0 Å². The topological polar surface area (TPSA) is 71.7 Å². The maximum Gasteiger partial charge on any atom is 0.216 e. The summed E-state index contributed by atoms with van der Waals surface area (Å²) >= 11 is 0. The van der Waals surface area contributed by atoms with Crippen LogP contribution in [0.25, 0.3) is 0 Å². The molecule has 2 unspecified atom stereocenters. The van der Waals surface area contributed by atoms with Gasteiger partial charge in [0.2, 0.25) is 5.89 Å². The second-order valence-electron chi connectivity index (χ2n) is 8.88. The van der Waals surface area contributed by atoms with Gasteiger partial charge in [0.05, 0.1) is 12.3 Å². The molecule has 2 saturated carbocycles. The first-order valence-corrected chi connectivity index (χ1v) is 10.5. The van der Waals surface area contributed by atoms with Crippen molar-refractivity contribution in [3.8, 4) is 0 Å². The van der Waals surface area contributed by atoms with E-state index in [4.69, 9.17) is 14.1 Å². The Morgan fingerprint density at radius 3 is 2.61 bits per heavy atom. The molecule has 0 aliphatic heterocycles. The Bertz CT molecular complexity index is 647. The highest BCUT2D eigenvalue weighted by Crippen LogP contribution is 2.54. The number of hydrogen-bond acceptors (Lipinski definition) is 4. The molecule has 0 saturated heterocycles. The van der Waals surface area contributed by atoms with Gasteiger partial charge in [-0.1, -0.05) is 33.6 Å². The molecule has 2 N–H and O–H groups in total. The van der Waals surface area contributed by atoms with Crippen LogP contribution in [0.5, 0.6) is 0 Å². The van der Waals surface area contributed by atoms with E-state index in [1.807, 2.05) is 6.20 Å². The van der Waals surface area contributed by atoms with Crippen LogP contribution in [0, 0.1) is 5.41 Å². The van der Waals surface area contributed by atoms with Gasteiger partial charge in [-0.3, -0.25) is 0 Å². The summed E-state index contributed by atoms with van der Waals surface area (Å²) in [5.41, 5.74) is 0.251. The predicted octanol–water partition coefficient (Wildman–Crippen LogP) is 4.38. The van der Waals surface area contributed by atoms with Crippen molar-refractivity contribution in [2.45, 2.75) is 90.8 Å². The molecule has 1 spiro atoms. The van der Waals surface area contributed by atoms with Gasteiger partial charge in [-0.15, -0.1) is 24.0 Å². The molecule has 1 aromatic heterocycles. The van der Waals surface area contributed by atoms with Gasteiger partial charge in [-0.25, -0.2) is 9.98 Å². The van der Waals surface area contributed by atoms with Gasteiger partial charge in [0.15, 0.2) is 5.96 Å². The number of aromatic nitrogens is 1. The molecule has 1 heterocycles. The van der Waals surface area contributed by atoms with Crippen molar-refractivity contribution in [1.29, 1.82) is 0 Å². The third-order valence-electron chi connectivity index (χ3n) is 6.01. The zero-order valence-corrected chi connectivity index (χ0v) is 20.3. The largest absolute Gasteiger partial charge is 0.443 e. The number of rotatable bonds is 6. The standard InChI is InChI=1S/C21H36N4O2.HI/c1-6-22-19(24-14-18-23-13-17(27-18)20(3,4)5)25-15-12-16(26-7-2)21(15)10-8-9-11-21;/h13,15-16H,6-12,14H2,1-5H3,(H2,22,24,25);1H. The molecule has 2 atom stereocenters. The predicted molar refractivity (Wildman–Crippen MR) is 123 cm³/mol. The second-order valence-corrected chi connectivity index (χ2v) is 8.88. The molecule has 0 amide bonds. The maximum atomic E-state index is 6.03. The van der Waals surface area contributed by atoms with E-state index >= 15 is 0 Å². The summed E-state index contributed by atoms with van der Waals surface area (Å²) in [6, 6.07) is 0.434. The highest BCUT2D eigenvalue weighted by molar-refractivity contribution is 14.0. The average Bonchev–Trinajstić information content (AvgIpc) is 3.29. The highest BCUT2D eigenvalue weighted by Gasteiger charge is 2.56. The van der Waals surface area contributed by atoms with E-state index in [1.54, 1.807) is 0 Å². The van der Waals surface area contributed by atoms with E-state index in [-0.39, 0.29) is 34.8 Å². The third kappa shape index (κ3) is 5.01. The summed E-state index contributed by atoms with van der Waals surface area (Å²) in [6.07, 6.45) is 8.39. The van der Waals surface area contributed by atoms with E-state index in [0.717, 1.165) is 31.3 Å². The van der Waals surface area contributed by atoms with Crippen LogP contribution >= 0.6 is 24.0 Å². The molecule has 3 rings (SSSR count). The quantitative estimate of drug-likeness (QED) is 0.342. The molecule has 0 aromatic carbocycles. The molecule has 1 aromatic rings. The van der Waals surface area contributed by atoms with Crippen molar-refractivity contribution in [2.24, 2.45) is 10.4 Å². The third-order valence-corrected chi connectivity index (χ3v) is 6.01. The number of halogens is 1. The average molecular weight is 504 g/mol. The van der Waals surface area contributed by atoms with E-state index in [2.05, 4.69) is 50.2 Å². The van der Waals surface area contributed by atoms with Gasteiger partial charge < -0.3 is 19.8 Å². The fraction of sp³-hybridized carbons (Fsp3) is 0.810. The van der Waals surface area contributed by atoms with Gasteiger partial charge in [0.25, 0.3) is 0 Å². The van der Waals surface area contributed by atoms with Crippen molar-refractivity contribution >= 4 is 29.9 Å².